The first-order valence-corrected chi connectivity index (χ1v) is 8.64. The summed E-state index contributed by atoms with van der Waals surface area (Å²) in [4.78, 5) is 9.05. The van der Waals surface area contributed by atoms with Gasteiger partial charge < -0.3 is 20.1 Å². The summed E-state index contributed by atoms with van der Waals surface area (Å²) in [5.74, 6) is 0.485. The van der Waals surface area contributed by atoms with Gasteiger partial charge in [0, 0.05) is 32.2 Å². The molecule has 2 N–H and O–H groups in total. The van der Waals surface area contributed by atoms with Gasteiger partial charge in [0.05, 0.1) is 17.1 Å². The molecule has 0 spiro atoms. The maximum absolute atomic E-state index is 13.7. The van der Waals surface area contributed by atoms with Crippen LogP contribution in [0.4, 0.5) is 14.7 Å². The van der Waals surface area contributed by atoms with E-state index in [-0.39, 0.29) is 5.82 Å². The highest BCUT2D eigenvalue weighted by Crippen LogP contribution is 2.26. The fourth-order valence-electron chi connectivity index (χ4n) is 3.53. The summed E-state index contributed by atoms with van der Waals surface area (Å²) in [6.07, 6.45) is 0.699. The Labute approximate surface area is 140 Å². The van der Waals surface area contributed by atoms with Gasteiger partial charge in [0.1, 0.15) is 12.0 Å². The van der Waals surface area contributed by atoms with Crippen molar-refractivity contribution < 1.29 is 8.78 Å². The number of halogens is 2. The molecule has 24 heavy (non-hydrogen) atoms. The number of rotatable bonds is 4. The number of hydrogen-bond donors (Lipinski definition) is 1. The molecule has 7 heteroatoms. The number of anilines is 1. The highest BCUT2D eigenvalue weighted by Gasteiger charge is 2.29. The van der Waals surface area contributed by atoms with E-state index in [0.717, 1.165) is 37.6 Å². The van der Waals surface area contributed by atoms with E-state index in [2.05, 4.69) is 14.5 Å². The van der Waals surface area contributed by atoms with Crippen LogP contribution in [0.1, 0.15) is 12.8 Å². The predicted octanol–water partition coefficient (Wildman–Crippen LogP) is 1.76. The Morgan fingerprint density at radius 1 is 1.21 bits per heavy atom. The molecule has 2 fully saturated rings. The van der Waals surface area contributed by atoms with Crippen LogP contribution in [0.25, 0.3) is 11.0 Å². The van der Waals surface area contributed by atoms with Crippen molar-refractivity contribution in [2.24, 2.45) is 5.73 Å². The van der Waals surface area contributed by atoms with Crippen molar-refractivity contribution in [3.8, 4) is 0 Å². The van der Waals surface area contributed by atoms with Crippen molar-refractivity contribution in [1.82, 2.24) is 14.5 Å². The summed E-state index contributed by atoms with van der Waals surface area (Å²) in [6.45, 7) is 5.04. The first-order valence-electron chi connectivity index (χ1n) is 8.64. The third-order valence-electron chi connectivity index (χ3n) is 5.13. The maximum Gasteiger partial charge on any atom is 0.206 e. The molecule has 5 nitrogen and oxygen atoms in total. The molecule has 1 aromatic heterocycles. The van der Waals surface area contributed by atoms with Gasteiger partial charge in [-0.15, -0.1) is 0 Å². The molecule has 0 aliphatic carbocycles. The zero-order valence-corrected chi connectivity index (χ0v) is 13.7. The number of likely N-dealkylation sites (tertiary alicyclic amines) is 1. The number of nitrogens with two attached hydrogens (primary N) is 1. The average molecular weight is 335 g/mol. The number of aromatic nitrogens is 2. The van der Waals surface area contributed by atoms with Crippen LogP contribution in [-0.2, 0) is 6.54 Å². The first-order chi connectivity index (χ1) is 11.6. The molecule has 0 radical (unpaired) electrons. The quantitative estimate of drug-likeness (QED) is 0.925. The lowest BCUT2D eigenvalue weighted by Crippen LogP contribution is -2.50. The second-order valence-corrected chi connectivity index (χ2v) is 6.81. The van der Waals surface area contributed by atoms with Gasteiger partial charge in [0.2, 0.25) is 5.95 Å². The van der Waals surface area contributed by atoms with Gasteiger partial charge in [-0.25, -0.2) is 13.8 Å². The van der Waals surface area contributed by atoms with Gasteiger partial charge >= 0.3 is 0 Å². The minimum atomic E-state index is -0.961. The van der Waals surface area contributed by atoms with E-state index < -0.39 is 12.2 Å². The lowest BCUT2D eigenvalue weighted by atomic mass is 10.1. The van der Waals surface area contributed by atoms with Crippen molar-refractivity contribution in [3.05, 3.63) is 24.0 Å². The average Bonchev–Trinajstić information content (AvgIpc) is 2.86. The van der Waals surface area contributed by atoms with Gasteiger partial charge in [-0.1, -0.05) is 0 Å². The van der Waals surface area contributed by atoms with E-state index >= 15 is 0 Å². The Bertz CT molecular complexity index is 727. The van der Waals surface area contributed by atoms with Crippen molar-refractivity contribution >= 4 is 17.0 Å². The Morgan fingerprint density at radius 3 is 2.75 bits per heavy atom. The maximum atomic E-state index is 13.7. The highest BCUT2D eigenvalue weighted by molar-refractivity contribution is 5.79. The number of piperidine rings is 1. The summed E-state index contributed by atoms with van der Waals surface area (Å²) in [6, 6.07) is 4.20. The summed E-state index contributed by atoms with van der Waals surface area (Å²) < 4.78 is 29.4. The molecular formula is C17H23F2N5. The van der Waals surface area contributed by atoms with Crippen LogP contribution in [0.2, 0.25) is 0 Å². The van der Waals surface area contributed by atoms with Crippen LogP contribution in [0.15, 0.2) is 18.2 Å². The van der Waals surface area contributed by atoms with Gasteiger partial charge in [-0.2, -0.15) is 0 Å². The Morgan fingerprint density at radius 2 is 2.04 bits per heavy atom. The molecule has 2 aromatic rings. The van der Waals surface area contributed by atoms with Crippen LogP contribution in [0.5, 0.6) is 0 Å². The number of alkyl halides is 1. The van der Waals surface area contributed by atoms with E-state index in [1.165, 1.54) is 18.6 Å². The van der Waals surface area contributed by atoms with E-state index in [9.17, 15) is 8.78 Å². The molecule has 1 aromatic carbocycles. The fraction of sp³-hybridized carbons (Fsp3) is 0.588. The molecule has 130 valence electrons. The Balaban J connectivity index is 1.66. The third-order valence-corrected chi connectivity index (χ3v) is 5.13. The van der Waals surface area contributed by atoms with Crippen molar-refractivity contribution in [2.75, 3.05) is 37.6 Å². The van der Waals surface area contributed by atoms with Crippen LogP contribution in [0, 0.1) is 5.82 Å². The molecule has 3 heterocycles. The number of benzene rings is 1. The van der Waals surface area contributed by atoms with Crippen molar-refractivity contribution in [1.29, 1.82) is 0 Å². The molecule has 2 atom stereocenters. The smallest absolute Gasteiger partial charge is 0.206 e. The van der Waals surface area contributed by atoms with Crippen molar-refractivity contribution in [2.45, 2.75) is 31.6 Å². The summed E-state index contributed by atoms with van der Waals surface area (Å²) in [5.41, 5.74) is 7.47. The number of nitrogens with zero attached hydrogens (tertiary/aromatic N) is 4. The molecule has 0 saturated carbocycles. The molecule has 2 aliphatic rings. The van der Waals surface area contributed by atoms with E-state index in [1.807, 2.05) is 4.90 Å². The first kappa shape index (κ1) is 15.8. The van der Waals surface area contributed by atoms with E-state index in [0.29, 0.717) is 25.0 Å². The minimum absolute atomic E-state index is 0.291. The highest BCUT2D eigenvalue weighted by atomic mass is 19.1. The SMILES string of the molecule is N[C@@H]1CN(c2nc3cc(F)ccc3n2CCN2CCC2)CC[C@H]1F. The molecule has 0 amide bonds. The summed E-state index contributed by atoms with van der Waals surface area (Å²) >= 11 is 0. The third kappa shape index (κ3) is 2.86. The lowest BCUT2D eigenvalue weighted by molar-refractivity contribution is 0.175. The normalized spacial score (nSPS) is 25.2. The molecule has 2 aliphatic heterocycles. The second kappa shape index (κ2) is 6.29. The lowest BCUT2D eigenvalue weighted by Gasteiger charge is -2.35. The summed E-state index contributed by atoms with van der Waals surface area (Å²) in [7, 11) is 0. The molecule has 4 rings (SSSR count). The minimum Gasteiger partial charge on any atom is -0.340 e. The van der Waals surface area contributed by atoms with Gasteiger partial charge in [-0.3, -0.25) is 0 Å². The largest absolute Gasteiger partial charge is 0.340 e. The van der Waals surface area contributed by atoms with Gasteiger partial charge in [-0.05, 0) is 38.1 Å². The predicted molar refractivity (Wildman–Crippen MR) is 90.4 cm³/mol. The number of imidazole rings is 1. The Kier molecular flexibility index (Phi) is 4.14. The van der Waals surface area contributed by atoms with Gasteiger partial charge in [0.15, 0.2) is 0 Å². The fourth-order valence-corrected chi connectivity index (χ4v) is 3.53. The summed E-state index contributed by atoms with van der Waals surface area (Å²) in [5, 5.41) is 0. The monoisotopic (exact) mass is 335 g/mol. The second-order valence-electron chi connectivity index (χ2n) is 6.81. The molecule has 0 unspecified atom stereocenters. The zero-order chi connectivity index (χ0) is 16.7. The topological polar surface area (TPSA) is 50.3 Å². The standard InChI is InChI=1S/C17H23F2N5/c18-12-2-3-16-15(10-12)21-17(23-7-4-13(19)14(20)11-23)24(16)9-8-22-5-1-6-22/h2-3,10,13-14H,1,4-9,11,20H2/t13-,14-/m1/s1. The van der Waals surface area contributed by atoms with E-state index in [1.54, 1.807) is 6.07 Å². The van der Waals surface area contributed by atoms with Crippen LogP contribution >= 0.6 is 0 Å². The van der Waals surface area contributed by atoms with Crippen molar-refractivity contribution in [3.63, 3.8) is 0 Å². The Hall–Kier alpha value is -1.73. The molecule has 0 bridgehead atoms. The molecular weight excluding hydrogens is 312 g/mol. The van der Waals surface area contributed by atoms with Crippen LogP contribution in [0.3, 0.4) is 0 Å². The number of hydrogen-bond acceptors (Lipinski definition) is 4. The van der Waals surface area contributed by atoms with E-state index in [4.69, 9.17) is 5.73 Å². The van der Waals surface area contributed by atoms with Gasteiger partial charge in [0.25, 0.3) is 0 Å². The van der Waals surface area contributed by atoms with Crippen LogP contribution < -0.4 is 10.6 Å². The molecule has 2 saturated heterocycles. The van der Waals surface area contributed by atoms with Crippen LogP contribution in [-0.4, -0.2) is 59.4 Å². The number of fused-ring (bicyclic) bond motifs is 1. The zero-order valence-electron chi connectivity index (χ0n) is 13.7.